The average molecular weight is 205 g/mol. The van der Waals surface area contributed by atoms with Crippen LogP contribution in [0.4, 0.5) is 5.69 Å². The normalized spacial score (nSPS) is 17.1. The molecule has 0 bridgehead atoms. The first-order chi connectivity index (χ1) is 7.16. The van der Waals surface area contributed by atoms with Gasteiger partial charge >= 0.3 is 5.97 Å². The van der Waals surface area contributed by atoms with Gasteiger partial charge in [0.05, 0.1) is 5.92 Å². The van der Waals surface area contributed by atoms with Crippen LogP contribution in [0.1, 0.15) is 31.2 Å². The van der Waals surface area contributed by atoms with Gasteiger partial charge in [-0.05, 0) is 37.5 Å². The van der Waals surface area contributed by atoms with E-state index < -0.39 is 0 Å². The van der Waals surface area contributed by atoms with Gasteiger partial charge in [0.2, 0.25) is 0 Å². The molecule has 2 rings (SSSR count). The number of carbonyl (C=O) groups excluding carboxylic acids is 1. The van der Waals surface area contributed by atoms with Crippen LogP contribution in [-0.2, 0) is 9.53 Å². The molecular formula is C12H15NO2. The molecule has 1 atom stereocenters. The minimum atomic E-state index is -0.203. The Bertz CT molecular complexity index is 354. The van der Waals surface area contributed by atoms with Crippen molar-refractivity contribution < 1.29 is 9.53 Å². The summed E-state index contributed by atoms with van der Waals surface area (Å²) >= 11 is 0. The van der Waals surface area contributed by atoms with E-state index in [-0.39, 0.29) is 18.0 Å². The summed E-state index contributed by atoms with van der Waals surface area (Å²) in [6, 6.07) is 7.34. The lowest BCUT2D eigenvalue weighted by atomic mass is 10.0. The van der Waals surface area contributed by atoms with E-state index in [9.17, 15) is 4.79 Å². The fourth-order valence-electron chi connectivity index (χ4n) is 1.37. The molecule has 1 aliphatic carbocycles. The topological polar surface area (TPSA) is 52.3 Å². The van der Waals surface area contributed by atoms with E-state index in [0.717, 1.165) is 18.4 Å². The Morgan fingerprint density at radius 1 is 1.40 bits per heavy atom. The molecule has 1 fully saturated rings. The van der Waals surface area contributed by atoms with E-state index >= 15 is 0 Å². The summed E-state index contributed by atoms with van der Waals surface area (Å²) in [5.74, 6) is -0.339. The van der Waals surface area contributed by atoms with Crippen molar-refractivity contribution in [2.45, 2.75) is 31.8 Å². The van der Waals surface area contributed by atoms with Crippen LogP contribution in [0.2, 0.25) is 0 Å². The molecule has 1 saturated carbocycles. The van der Waals surface area contributed by atoms with Crippen molar-refractivity contribution in [1.29, 1.82) is 0 Å². The van der Waals surface area contributed by atoms with Gasteiger partial charge in [0, 0.05) is 5.69 Å². The summed E-state index contributed by atoms with van der Waals surface area (Å²) in [7, 11) is 0. The molecule has 2 N–H and O–H groups in total. The molecule has 0 aliphatic heterocycles. The molecule has 1 unspecified atom stereocenters. The summed E-state index contributed by atoms with van der Waals surface area (Å²) < 4.78 is 5.24. The Kier molecular flexibility index (Phi) is 2.62. The maximum atomic E-state index is 11.6. The molecule has 0 saturated heterocycles. The van der Waals surface area contributed by atoms with Crippen LogP contribution in [-0.4, -0.2) is 12.1 Å². The molecule has 3 heteroatoms. The number of anilines is 1. The van der Waals surface area contributed by atoms with Crippen molar-refractivity contribution in [3.8, 4) is 0 Å². The zero-order valence-corrected chi connectivity index (χ0v) is 8.77. The number of ether oxygens (including phenoxy) is 1. The van der Waals surface area contributed by atoms with E-state index in [4.69, 9.17) is 10.5 Å². The minimum absolute atomic E-state index is 0.137. The van der Waals surface area contributed by atoms with Crippen molar-refractivity contribution in [3.63, 3.8) is 0 Å². The molecule has 1 aromatic rings. The third-order valence-corrected chi connectivity index (χ3v) is 2.60. The van der Waals surface area contributed by atoms with E-state index in [2.05, 4.69) is 0 Å². The Morgan fingerprint density at radius 3 is 2.53 bits per heavy atom. The molecule has 3 nitrogen and oxygen atoms in total. The summed E-state index contributed by atoms with van der Waals surface area (Å²) in [6.07, 6.45) is 2.20. The Hall–Kier alpha value is -1.51. The molecule has 1 aromatic carbocycles. The van der Waals surface area contributed by atoms with Gasteiger partial charge in [-0.3, -0.25) is 4.79 Å². The van der Waals surface area contributed by atoms with E-state index in [1.165, 1.54) is 0 Å². The van der Waals surface area contributed by atoms with Crippen LogP contribution in [0.25, 0.3) is 0 Å². The molecule has 0 amide bonds. The highest BCUT2D eigenvalue weighted by molar-refractivity contribution is 5.78. The lowest BCUT2D eigenvalue weighted by molar-refractivity contribution is -0.146. The van der Waals surface area contributed by atoms with Crippen molar-refractivity contribution in [2.75, 3.05) is 5.73 Å². The zero-order chi connectivity index (χ0) is 10.8. The van der Waals surface area contributed by atoms with Gasteiger partial charge in [-0.15, -0.1) is 0 Å². The maximum Gasteiger partial charge on any atom is 0.313 e. The quantitative estimate of drug-likeness (QED) is 0.607. The molecule has 0 aromatic heterocycles. The molecular weight excluding hydrogens is 190 g/mol. The van der Waals surface area contributed by atoms with Gasteiger partial charge in [-0.1, -0.05) is 12.1 Å². The first-order valence-corrected chi connectivity index (χ1v) is 5.23. The maximum absolute atomic E-state index is 11.6. The van der Waals surface area contributed by atoms with Crippen LogP contribution >= 0.6 is 0 Å². The van der Waals surface area contributed by atoms with Crippen molar-refractivity contribution in [2.24, 2.45) is 0 Å². The van der Waals surface area contributed by atoms with E-state index in [0.29, 0.717) is 5.69 Å². The number of nitrogen functional groups attached to an aromatic ring is 1. The monoisotopic (exact) mass is 205 g/mol. The lowest BCUT2D eigenvalue weighted by Gasteiger charge is -2.11. The Balaban J connectivity index is 2.02. The third-order valence-electron chi connectivity index (χ3n) is 2.60. The van der Waals surface area contributed by atoms with E-state index in [1.807, 2.05) is 19.1 Å². The van der Waals surface area contributed by atoms with Gasteiger partial charge in [-0.25, -0.2) is 0 Å². The predicted octanol–water partition coefficient (Wildman–Crippen LogP) is 2.08. The highest BCUT2D eigenvalue weighted by Gasteiger charge is 2.28. The zero-order valence-electron chi connectivity index (χ0n) is 8.77. The molecule has 0 heterocycles. The SMILES string of the molecule is CC(C(=O)OC1CC1)c1ccc(N)cc1. The summed E-state index contributed by atoms with van der Waals surface area (Å²) in [5.41, 5.74) is 7.24. The Labute approximate surface area is 89.2 Å². The number of hydrogen-bond donors (Lipinski definition) is 1. The molecule has 15 heavy (non-hydrogen) atoms. The lowest BCUT2D eigenvalue weighted by Crippen LogP contribution is -2.14. The van der Waals surface area contributed by atoms with Crippen molar-refractivity contribution >= 4 is 11.7 Å². The smallest absolute Gasteiger partial charge is 0.313 e. The fraction of sp³-hybridized carbons (Fsp3) is 0.417. The van der Waals surface area contributed by atoms with Crippen LogP contribution in [0.15, 0.2) is 24.3 Å². The number of carbonyl (C=O) groups is 1. The van der Waals surface area contributed by atoms with Gasteiger partial charge in [0.15, 0.2) is 0 Å². The second-order valence-electron chi connectivity index (χ2n) is 4.02. The van der Waals surface area contributed by atoms with Gasteiger partial charge in [0.1, 0.15) is 6.10 Å². The molecule has 0 spiro atoms. The number of esters is 1. The van der Waals surface area contributed by atoms with Crippen LogP contribution in [0.5, 0.6) is 0 Å². The molecule has 80 valence electrons. The van der Waals surface area contributed by atoms with Crippen LogP contribution < -0.4 is 5.73 Å². The fourth-order valence-corrected chi connectivity index (χ4v) is 1.37. The van der Waals surface area contributed by atoms with Crippen LogP contribution in [0.3, 0.4) is 0 Å². The summed E-state index contributed by atoms with van der Waals surface area (Å²) in [4.78, 5) is 11.6. The largest absolute Gasteiger partial charge is 0.462 e. The number of hydrogen-bond acceptors (Lipinski definition) is 3. The average Bonchev–Trinajstić information content (AvgIpc) is 3.02. The minimum Gasteiger partial charge on any atom is -0.462 e. The van der Waals surface area contributed by atoms with Crippen molar-refractivity contribution in [3.05, 3.63) is 29.8 Å². The van der Waals surface area contributed by atoms with E-state index in [1.54, 1.807) is 12.1 Å². The van der Waals surface area contributed by atoms with Gasteiger partial charge in [-0.2, -0.15) is 0 Å². The number of nitrogens with two attached hydrogens (primary N) is 1. The van der Waals surface area contributed by atoms with Gasteiger partial charge in [0.25, 0.3) is 0 Å². The van der Waals surface area contributed by atoms with Gasteiger partial charge < -0.3 is 10.5 Å². The second-order valence-corrected chi connectivity index (χ2v) is 4.02. The van der Waals surface area contributed by atoms with Crippen LogP contribution in [0, 0.1) is 0 Å². The molecule has 1 aliphatic rings. The number of benzene rings is 1. The molecule has 0 radical (unpaired) electrons. The predicted molar refractivity (Wildman–Crippen MR) is 58.4 cm³/mol. The first-order valence-electron chi connectivity index (χ1n) is 5.23. The highest BCUT2D eigenvalue weighted by atomic mass is 16.5. The third kappa shape index (κ3) is 2.49. The summed E-state index contributed by atoms with van der Waals surface area (Å²) in [5, 5.41) is 0. The second kappa shape index (κ2) is 3.93. The first kappa shape index (κ1) is 10.0. The Morgan fingerprint density at radius 2 is 2.00 bits per heavy atom. The summed E-state index contributed by atoms with van der Waals surface area (Å²) in [6.45, 7) is 1.86. The van der Waals surface area contributed by atoms with Crippen molar-refractivity contribution in [1.82, 2.24) is 0 Å². The standard InChI is InChI=1S/C12H15NO2/c1-8(12(14)15-11-6-7-11)9-2-4-10(13)5-3-9/h2-5,8,11H,6-7,13H2,1H3. The highest BCUT2D eigenvalue weighted by Crippen LogP contribution is 2.27. The number of rotatable bonds is 3.